The molecule has 6 atom stereocenters. The molecule has 0 aliphatic carbocycles. The van der Waals surface area contributed by atoms with Crippen LogP contribution in [0.2, 0.25) is 0 Å². The van der Waals surface area contributed by atoms with E-state index in [0.717, 1.165) is 109 Å². The van der Waals surface area contributed by atoms with Gasteiger partial charge in [0, 0.05) is 25.7 Å². The van der Waals surface area contributed by atoms with E-state index in [-0.39, 0.29) is 25.7 Å². The van der Waals surface area contributed by atoms with Crippen molar-refractivity contribution < 1.29 is 80.2 Å². The molecule has 0 saturated carbocycles. The number of hydrogen-bond donors (Lipinski definition) is 3. The van der Waals surface area contributed by atoms with Crippen LogP contribution in [0.15, 0.2) is 0 Å². The molecule has 19 heteroatoms. The van der Waals surface area contributed by atoms with E-state index in [0.29, 0.717) is 25.7 Å². The molecule has 0 aromatic carbocycles. The number of esters is 4. The number of unbranched alkanes of at least 4 members (excludes halogenated alkanes) is 29. The van der Waals surface area contributed by atoms with Gasteiger partial charge in [0.25, 0.3) is 0 Å². The highest BCUT2D eigenvalue weighted by Gasteiger charge is 2.30. The first-order valence-corrected chi connectivity index (χ1v) is 33.7. The Labute approximate surface area is 467 Å². The van der Waals surface area contributed by atoms with Crippen LogP contribution < -0.4 is 0 Å². The predicted octanol–water partition coefficient (Wildman–Crippen LogP) is 15.5. The summed E-state index contributed by atoms with van der Waals surface area (Å²) in [5.74, 6) is -1.42. The van der Waals surface area contributed by atoms with Gasteiger partial charge in [-0.2, -0.15) is 0 Å². The third-order valence-electron chi connectivity index (χ3n) is 13.6. The summed E-state index contributed by atoms with van der Waals surface area (Å²) in [7, 11) is -9.86. The second-order valence-electron chi connectivity index (χ2n) is 21.3. The van der Waals surface area contributed by atoms with E-state index < -0.39 is 97.5 Å². The van der Waals surface area contributed by atoms with Gasteiger partial charge in [-0.3, -0.25) is 37.3 Å². The van der Waals surface area contributed by atoms with Gasteiger partial charge in [-0.1, -0.05) is 234 Å². The van der Waals surface area contributed by atoms with Gasteiger partial charge in [0.2, 0.25) is 0 Å². The number of phosphoric acid groups is 2. The lowest BCUT2D eigenvalue weighted by molar-refractivity contribution is -0.161. The highest BCUT2D eigenvalue weighted by Crippen LogP contribution is 2.45. The molecule has 456 valence electrons. The lowest BCUT2D eigenvalue weighted by Gasteiger charge is -2.21. The summed E-state index contributed by atoms with van der Waals surface area (Å²) in [5, 5.41) is 10.5. The molecular formula is C58H112O17P2. The standard InChI is InChI=1S/C58H112O17P2/c1-6-10-13-16-18-20-22-23-25-27-34-39-44-58(63)75-54(48-69-56(61)42-37-32-29-28-31-35-40-51(5)9-4)50-73-77(66,67)71-46-52(59)45-70-76(64,65)72-49-53(47-68-55(60)41-36-30-15-12-8-3)74-57(62)43-38-33-26-24-21-19-17-14-11-7-2/h51-54,59H,6-50H2,1-5H3,(H,64,65)(H,66,67)/t51?,52-,53+,54+/m0/s1. The van der Waals surface area contributed by atoms with E-state index in [2.05, 4.69) is 34.6 Å². The summed E-state index contributed by atoms with van der Waals surface area (Å²) in [6, 6.07) is 0. The summed E-state index contributed by atoms with van der Waals surface area (Å²) in [6.07, 6.45) is 33.7. The van der Waals surface area contributed by atoms with E-state index in [1.54, 1.807) is 0 Å². The number of phosphoric ester groups is 2. The monoisotopic (exact) mass is 1140 g/mol. The Morgan fingerprint density at radius 1 is 0.364 bits per heavy atom. The Bertz CT molecular complexity index is 1520. The number of hydrogen-bond acceptors (Lipinski definition) is 15. The fourth-order valence-electron chi connectivity index (χ4n) is 8.49. The molecule has 0 spiro atoms. The number of carbonyl (C=O) groups excluding carboxylic acids is 4. The Morgan fingerprint density at radius 3 is 0.922 bits per heavy atom. The molecule has 0 radical (unpaired) electrons. The van der Waals surface area contributed by atoms with Crippen LogP contribution in [0.1, 0.15) is 285 Å². The van der Waals surface area contributed by atoms with E-state index in [1.807, 2.05) is 0 Å². The first-order valence-electron chi connectivity index (χ1n) is 30.7. The Hall–Kier alpha value is -1.94. The van der Waals surface area contributed by atoms with Gasteiger partial charge >= 0.3 is 39.5 Å². The molecule has 0 bridgehead atoms. The number of rotatable bonds is 58. The van der Waals surface area contributed by atoms with E-state index in [9.17, 15) is 43.2 Å². The maximum atomic E-state index is 12.9. The molecule has 17 nitrogen and oxygen atoms in total. The molecule has 0 rings (SSSR count). The maximum absolute atomic E-state index is 12.9. The van der Waals surface area contributed by atoms with Crippen molar-refractivity contribution in [3.05, 3.63) is 0 Å². The SMILES string of the molecule is CCCCCCCCCCCCCCC(=O)O[C@H](COC(=O)CCCCCCCCC(C)CC)COP(=O)(O)OC[C@@H](O)COP(=O)(O)OC[C@@H](COC(=O)CCCCCCC)OC(=O)CCCCCCCCCCCC. The predicted molar refractivity (Wildman–Crippen MR) is 303 cm³/mol. The van der Waals surface area contributed by atoms with Crippen molar-refractivity contribution in [1.82, 2.24) is 0 Å². The van der Waals surface area contributed by atoms with Crippen molar-refractivity contribution in [2.45, 2.75) is 303 Å². The minimum Gasteiger partial charge on any atom is -0.462 e. The van der Waals surface area contributed by atoms with Crippen molar-refractivity contribution in [1.29, 1.82) is 0 Å². The highest BCUT2D eigenvalue weighted by molar-refractivity contribution is 7.47. The second-order valence-corrected chi connectivity index (χ2v) is 24.2. The van der Waals surface area contributed by atoms with Gasteiger partial charge in [-0.05, 0) is 31.6 Å². The summed E-state index contributed by atoms with van der Waals surface area (Å²) in [4.78, 5) is 71.6. The summed E-state index contributed by atoms with van der Waals surface area (Å²) in [6.45, 7) is 7.01. The molecule has 3 N–H and O–H groups in total. The lowest BCUT2D eigenvalue weighted by Crippen LogP contribution is -2.30. The Morgan fingerprint density at radius 2 is 0.623 bits per heavy atom. The van der Waals surface area contributed by atoms with E-state index in [1.165, 1.54) is 96.3 Å². The largest absolute Gasteiger partial charge is 0.472 e. The number of aliphatic hydroxyl groups is 1. The van der Waals surface area contributed by atoms with Crippen LogP contribution in [0.25, 0.3) is 0 Å². The topological polar surface area (TPSA) is 237 Å². The Balaban J connectivity index is 5.19. The van der Waals surface area contributed by atoms with Crippen LogP contribution in [0.4, 0.5) is 0 Å². The zero-order chi connectivity index (χ0) is 57.1. The second kappa shape index (κ2) is 52.2. The lowest BCUT2D eigenvalue weighted by atomic mass is 10.00. The van der Waals surface area contributed by atoms with Crippen LogP contribution in [0, 0.1) is 5.92 Å². The van der Waals surface area contributed by atoms with Crippen molar-refractivity contribution in [2.75, 3.05) is 39.6 Å². The average molecular weight is 1140 g/mol. The van der Waals surface area contributed by atoms with Crippen LogP contribution in [0.5, 0.6) is 0 Å². The van der Waals surface area contributed by atoms with Gasteiger partial charge in [0.05, 0.1) is 26.4 Å². The van der Waals surface area contributed by atoms with Crippen LogP contribution in [0.3, 0.4) is 0 Å². The minimum absolute atomic E-state index is 0.105. The minimum atomic E-state index is -4.94. The van der Waals surface area contributed by atoms with E-state index in [4.69, 9.17) is 37.0 Å². The molecule has 0 fully saturated rings. The summed E-state index contributed by atoms with van der Waals surface area (Å²) < 4.78 is 67.5. The highest BCUT2D eigenvalue weighted by atomic mass is 31.2. The van der Waals surface area contributed by atoms with Crippen molar-refractivity contribution >= 4 is 39.5 Å². The third-order valence-corrected chi connectivity index (χ3v) is 15.5. The van der Waals surface area contributed by atoms with E-state index >= 15 is 0 Å². The molecule has 0 amide bonds. The molecule has 0 heterocycles. The van der Waals surface area contributed by atoms with Crippen molar-refractivity contribution in [2.24, 2.45) is 5.92 Å². The zero-order valence-electron chi connectivity index (χ0n) is 49.1. The maximum Gasteiger partial charge on any atom is 0.472 e. The van der Waals surface area contributed by atoms with Gasteiger partial charge in [-0.15, -0.1) is 0 Å². The van der Waals surface area contributed by atoms with Gasteiger partial charge in [0.1, 0.15) is 19.3 Å². The number of carbonyl (C=O) groups is 4. The first-order chi connectivity index (χ1) is 37.1. The molecule has 0 saturated heterocycles. The quantitative estimate of drug-likeness (QED) is 0.0222. The fraction of sp³-hybridized carbons (Fsp3) is 0.931. The van der Waals surface area contributed by atoms with Crippen LogP contribution >= 0.6 is 15.6 Å². The molecule has 0 aromatic rings. The first kappa shape index (κ1) is 75.1. The summed E-state index contributed by atoms with van der Waals surface area (Å²) >= 11 is 0. The van der Waals surface area contributed by atoms with Crippen LogP contribution in [-0.2, 0) is 65.4 Å². The molecule has 0 aliphatic rings. The molecule has 77 heavy (non-hydrogen) atoms. The fourth-order valence-corrected chi connectivity index (χ4v) is 10.1. The normalized spacial score (nSPS) is 14.8. The number of ether oxygens (including phenoxy) is 4. The smallest absolute Gasteiger partial charge is 0.462 e. The molecular weight excluding hydrogens is 1030 g/mol. The summed E-state index contributed by atoms with van der Waals surface area (Å²) in [5.41, 5.74) is 0. The van der Waals surface area contributed by atoms with Gasteiger partial charge < -0.3 is 33.8 Å². The molecule has 0 aliphatic heterocycles. The van der Waals surface area contributed by atoms with Gasteiger partial charge in [0.15, 0.2) is 12.2 Å². The third kappa shape index (κ3) is 51.9. The average Bonchev–Trinajstić information content (AvgIpc) is 3.40. The van der Waals surface area contributed by atoms with Crippen molar-refractivity contribution in [3.63, 3.8) is 0 Å². The van der Waals surface area contributed by atoms with Gasteiger partial charge in [-0.25, -0.2) is 9.13 Å². The van der Waals surface area contributed by atoms with Crippen LogP contribution in [-0.4, -0.2) is 96.7 Å². The Kier molecular flexibility index (Phi) is 50.8. The number of aliphatic hydroxyl groups excluding tert-OH is 1. The zero-order valence-corrected chi connectivity index (χ0v) is 50.9. The molecule has 0 aromatic heterocycles. The molecule has 3 unspecified atom stereocenters. The van der Waals surface area contributed by atoms with Crippen molar-refractivity contribution in [3.8, 4) is 0 Å².